The Morgan fingerprint density at radius 1 is 1.11 bits per heavy atom. The Kier molecular flexibility index (Phi) is 9.30. The molecule has 0 unspecified atom stereocenters. The maximum absolute atomic E-state index is 13.5. The number of likely N-dealkylation sites (tertiary alicyclic amines) is 1. The molecule has 3 N–H and O–H groups in total. The van der Waals surface area contributed by atoms with E-state index in [9.17, 15) is 13.2 Å². The van der Waals surface area contributed by atoms with Gasteiger partial charge in [-0.25, -0.2) is 0 Å². The molecule has 37 heavy (non-hydrogen) atoms. The van der Waals surface area contributed by atoms with Crippen LogP contribution in [0.3, 0.4) is 0 Å². The van der Waals surface area contributed by atoms with Crippen molar-refractivity contribution in [1.82, 2.24) is 9.47 Å². The smallest absolute Gasteiger partial charge is 0.395 e. The molecule has 0 bridgehead atoms. The number of aliphatic hydroxyl groups excluding tert-OH is 1. The summed E-state index contributed by atoms with van der Waals surface area (Å²) in [5.74, 6) is 6.97. The number of aliphatic hydroxyl groups is 1. The van der Waals surface area contributed by atoms with Gasteiger partial charge in [0, 0.05) is 47.3 Å². The summed E-state index contributed by atoms with van der Waals surface area (Å²) in [5.41, 5.74) is 2.60. The second-order valence-corrected chi connectivity index (χ2v) is 10.4. The maximum Gasteiger partial charge on any atom is 0.406 e. The van der Waals surface area contributed by atoms with Gasteiger partial charge in [-0.05, 0) is 67.0 Å². The van der Waals surface area contributed by atoms with Crippen molar-refractivity contribution in [3.05, 3.63) is 54.2 Å². The number of anilines is 2. The van der Waals surface area contributed by atoms with Crippen molar-refractivity contribution < 1.29 is 18.3 Å². The molecule has 0 atom stereocenters. The zero-order valence-corrected chi connectivity index (χ0v) is 21.8. The second kappa shape index (κ2) is 12.6. The van der Waals surface area contributed by atoms with Crippen LogP contribution in [0.25, 0.3) is 10.9 Å². The molecule has 1 aliphatic rings. The first-order valence-electron chi connectivity index (χ1n) is 12.6. The summed E-state index contributed by atoms with van der Waals surface area (Å²) in [6.07, 6.45) is -2.53. The molecule has 4 rings (SSSR count). The average Bonchev–Trinajstić information content (AvgIpc) is 3.21. The minimum atomic E-state index is -4.36. The quantitative estimate of drug-likeness (QED) is 0.247. The number of aromatic nitrogens is 1. The number of halogens is 3. The third-order valence-corrected chi connectivity index (χ3v) is 7.30. The lowest BCUT2D eigenvalue weighted by molar-refractivity contribution is -0.140. The van der Waals surface area contributed by atoms with Crippen LogP contribution in [-0.2, 0) is 6.54 Å². The van der Waals surface area contributed by atoms with Crippen LogP contribution >= 0.6 is 11.8 Å². The predicted molar refractivity (Wildman–Crippen MR) is 146 cm³/mol. The van der Waals surface area contributed by atoms with Gasteiger partial charge in [0.2, 0.25) is 0 Å². The lowest BCUT2D eigenvalue weighted by Gasteiger charge is -2.32. The normalized spacial score (nSPS) is 14.9. The van der Waals surface area contributed by atoms with E-state index in [0.717, 1.165) is 48.4 Å². The molecule has 5 nitrogen and oxygen atoms in total. The van der Waals surface area contributed by atoms with E-state index in [1.165, 1.54) is 9.46 Å². The van der Waals surface area contributed by atoms with Gasteiger partial charge in [-0.1, -0.05) is 18.9 Å². The molecule has 1 aliphatic heterocycles. The van der Waals surface area contributed by atoms with E-state index < -0.39 is 12.7 Å². The summed E-state index contributed by atoms with van der Waals surface area (Å²) in [4.78, 5) is 3.41. The van der Waals surface area contributed by atoms with E-state index >= 15 is 0 Å². The van der Waals surface area contributed by atoms with Crippen molar-refractivity contribution in [2.45, 2.75) is 43.4 Å². The highest BCUT2D eigenvalue weighted by molar-refractivity contribution is 7.99. The topological polar surface area (TPSA) is 52.5 Å². The van der Waals surface area contributed by atoms with Gasteiger partial charge in [-0.2, -0.15) is 13.2 Å². The molecule has 0 saturated carbocycles. The van der Waals surface area contributed by atoms with Crippen LogP contribution in [-0.4, -0.2) is 65.3 Å². The molecule has 0 aliphatic carbocycles. The summed E-state index contributed by atoms with van der Waals surface area (Å²) in [5, 5.41) is 16.7. The minimum Gasteiger partial charge on any atom is -0.395 e. The Bertz CT molecular complexity index is 1220. The van der Waals surface area contributed by atoms with E-state index in [0.29, 0.717) is 24.3 Å². The standard InChI is InChI=1S/C28H33F3N4OS/c1-2-37-24-10-8-21(9-11-24)32-14-4-5-23-19-25-26(33-22-12-15-34(16-13-22)17-18-36)6-3-7-27(25)35(23)20-28(29,30)31/h3,6-11,19,22,32-33,36H,2,12-18,20H2,1H3. The molecule has 1 saturated heterocycles. The Hall–Kier alpha value is -2.80. The molecule has 9 heteroatoms. The number of β-amino-alcohol motifs (C(OH)–C–C–N with tert-alkyl or cyclic N) is 1. The number of piperidine rings is 1. The lowest BCUT2D eigenvalue weighted by Crippen LogP contribution is -2.40. The zero-order chi connectivity index (χ0) is 26.3. The summed E-state index contributed by atoms with van der Waals surface area (Å²) in [6, 6.07) is 15.4. The van der Waals surface area contributed by atoms with Crippen molar-refractivity contribution in [2.75, 3.05) is 49.2 Å². The number of fused-ring (bicyclic) bond motifs is 1. The molecule has 0 spiro atoms. The Balaban J connectivity index is 1.51. The molecule has 1 fully saturated rings. The van der Waals surface area contributed by atoms with Crippen LogP contribution in [0.4, 0.5) is 24.5 Å². The van der Waals surface area contributed by atoms with E-state index in [4.69, 9.17) is 5.11 Å². The summed E-state index contributed by atoms with van der Waals surface area (Å²) < 4.78 is 41.7. The first-order chi connectivity index (χ1) is 17.9. The third kappa shape index (κ3) is 7.60. The highest BCUT2D eigenvalue weighted by atomic mass is 32.2. The molecular weight excluding hydrogens is 497 g/mol. The average molecular weight is 531 g/mol. The molecule has 0 radical (unpaired) electrons. The van der Waals surface area contributed by atoms with Crippen LogP contribution in [0, 0.1) is 11.8 Å². The fraction of sp³-hybridized carbons (Fsp3) is 0.429. The highest BCUT2D eigenvalue weighted by Crippen LogP contribution is 2.31. The maximum atomic E-state index is 13.5. The number of benzene rings is 2. The first-order valence-corrected chi connectivity index (χ1v) is 13.6. The third-order valence-electron chi connectivity index (χ3n) is 6.41. The molecule has 2 heterocycles. The van der Waals surface area contributed by atoms with Crippen LogP contribution < -0.4 is 10.6 Å². The Morgan fingerprint density at radius 3 is 2.54 bits per heavy atom. The van der Waals surface area contributed by atoms with Gasteiger partial charge in [0.05, 0.1) is 24.4 Å². The summed E-state index contributed by atoms with van der Waals surface area (Å²) in [7, 11) is 0. The molecular formula is C28H33F3N4OS. The van der Waals surface area contributed by atoms with Crippen molar-refractivity contribution >= 4 is 34.0 Å². The summed E-state index contributed by atoms with van der Waals surface area (Å²) >= 11 is 1.76. The minimum absolute atomic E-state index is 0.147. The largest absolute Gasteiger partial charge is 0.406 e. The number of thioether (sulfide) groups is 1. The van der Waals surface area contributed by atoms with Crippen molar-refractivity contribution in [2.24, 2.45) is 0 Å². The van der Waals surface area contributed by atoms with Crippen molar-refractivity contribution in [3.8, 4) is 11.8 Å². The SMILES string of the molecule is CCSc1ccc(NCC#Cc2cc3c(NC4CCN(CCO)CC4)cccc3n2CC(F)(F)F)cc1. The number of rotatable bonds is 9. The van der Waals surface area contributed by atoms with Crippen molar-refractivity contribution in [1.29, 1.82) is 0 Å². The van der Waals surface area contributed by atoms with E-state index in [2.05, 4.69) is 34.3 Å². The fourth-order valence-corrected chi connectivity index (χ4v) is 5.30. The lowest BCUT2D eigenvalue weighted by atomic mass is 10.0. The zero-order valence-electron chi connectivity index (χ0n) is 20.9. The van der Waals surface area contributed by atoms with E-state index in [-0.39, 0.29) is 12.6 Å². The monoisotopic (exact) mass is 530 g/mol. The molecule has 198 valence electrons. The van der Waals surface area contributed by atoms with Gasteiger partial charge in [-0.15, -0.1) is 11.8 Å². The van der Waals surface area contributed by atoms with Crippen LogP contribution in [0.15, 0.2) is 53.4 Å². The van der Waals surface area contributed by atoms with E-state index in [1.54, 1.807) is 30.0 Å². The van der Waals surface area contributed by atoms with Gasteiger partial charge in [0.25, 0.3) is 0 Å². The van der Waals surface area contributed by atoms with Gasteiger partial charge in [0.15, 0.2) is 0 Å². The Labute approximate surface area is 220 Å². The highest BCUT2D eigenvalue weighted by Gasteiger charge is 2.30. The van der Waals surface area contributed by atoms with Gasteiger partial charge in [-0.3, -0.25) is 0 Å². The number of nitrogens with zero attached hydrogens (tertiary/aromatic N) is 2. The first kappa shape index (κ1) is 27.2. The number of hydrogen-bond donors (Lipinski definition) is 3. The van der Waals surface area contributed by atoms with Crippen LogP contribution in [0.2, 0.25) is 0 Å². The molecule has 0 amide bonds. The van der Waals surface area contributed by atoms with Crippen LogP contribution in [0.1, 0.15) is 25.5 Å². The molecule has 3 aromatic rings. The predicted octanol–water partition coefficient (Wildman–Crippen LogP) is 5.65. The number of hydrogen-bond acceptors (Lipinski definition) is 5. The summed E-state index contributed by atoms with van der Waals surface area (Å²) in [6.45, 7) is 3.92. The van der Waals surface area contributed by atoms with E-state index in [1.807, 2.05) is 30.3 Å². The van der Waals surface area contributed by atoms with Gasteiger partial charge >= 0.3 is 6.18 Å². The van der Waals surface area contributed by atoms with Crippen LogP contribution in [0.5, 0.6) is 0 Å². The van der Waals surface area contributed by atoms with Gasteiger partial charge in [0.1, 0.15) is 6.54 Å². The second-order valence-electron chi connectivity index (χ2n) is 9.07. The molecule has 1 aromatic heterocycles. The van der Waals surface area contributed by atoms with Gasteiger partial charge < -0.3 is 25.2 Å². The molecule has 2 aromatic carbocycles. The number of alkyl halides is 3. The Morgan fingerprint density at radius 2 is 1.86 bits per heavy atom. The van der Waals surface area contributed by atoms with Crippen molar-refractivity contribution in [3.63, 3.8) is 0 Å². The number of nitrogens with one attached hydrogen (secondary N) is 2. The fourth-order valence-electron chi connectivity index (χ4n) is 4.64.